The van der Waals surface area contributed by atoms with Crippen molar-refractivity contribution >= 4 is 51.5 Å². The molecule has 0 heterocycles. The normalized spacial score (nSPS) is 21.8. The first-order chi connectivity index (χ1) is 10.4. The van der Waals surface area contributed by atoms with Crippen LogP contribution in [-0.4, -0.2) is 70.2 Å². The van der Waals surface area contributed by atoms with Gasteiger partial charge in [-0.2, -0.15) is 11.8 Å². The Balaban J connectivity index is 0.00000484. The Morgan fingerprint density at radius 3 is 2.65 bits per heavy atom. The Hall–Kier alpha value is 0.260. The monoisotopic (exact) mass is 479 g/mol. The molecule has 23 heavy (non-hydrogen) atoms. The molecule has 0 spiro atoms. The van der Waals surface area contributed by atoms with Gasteiger partial charge in [0.25, 0.3) is 0 Å². The van der Waals surface area contributed by atoms with Crippen LogP contribution >= 0.6 is 35.7 Å². The summed E-state index contributed by atoms with van der Waals surface area (Å²) in [7, 11) is -2.95. The first-order valence-corrected chi connectivity index (χ1v) is 11.1. The molecule has 0 bridgehead atoms. The van der Waals surface area contributed by atoms with E-state index in [1.807, 2.05) is 18.7 Å². The highest BCUT2D eigenvalue weighted by Crippen LogP contribution is 2.27. The van der Waals surface area contributed by atoms with E-state index in [4.69, 9.17) is 4.74 Å². The molecular formula is C14H30IN3O3S2. The van der Waals surface area contributed by atoms with Crippen molar-refractivity contribution in [1.29, 1.82) is 0 Å². The molecule has 1 fully saturated rings. The third-order valence-electron chi connectivity index (χ3n) is 3.51. The molecule has 0 aromatic rings. The van der Waals surface area contributed by atoms with Crippen LogP contribution in [0.1, 0.15) is 26.2 Å². The number of sulfone groups is 1. The smallest absolute Gasteiger partial charge is 0.191 e. The Morgan fingerprint density at radius 2 is 2.09 bits per heavy atom. The van der Waals surface area contributed by atoms with Gasteiger partial charge in [0.1, 0.15) is 9.84 Å². The first-order valence-electron chi connectivity index (χ1n) is 7.77. The second-order valence-electron chi connectivity index (χ2n) is 5.51. The summed E-state index contributed by atoms with van der Waals surface area (Å²) >= 11 is 1.94. The summed E-state index contributed by atoms with van der Waals surface area (Å²) < 4.78 is 27.2. The first kappa shape index (κ1) is 23.3. The number of aliphatic imine (C=N–C) groups is 1. The molecule has 0 radical (unpaired) electrons. The minimum absolute atomic E-state index is 0. The number of nitrogens with zero attached hydrogens (tertiary/aromatic N) is 1. The molecular weight excluding hydrogens is 449 g/mol. The van der Waals surface area contributed by atoms with Gasteiger partial charge in [0, 0.05) is 24.1 Å². The molecule has 2 atom stereocenters. The maximum Gasteiger partial charge on any atom is 0.191 e. The fraction of sp³-hybridized carbons (Fsp3) is 0.929. The number of halogens is 1. The Labute approximate surface area is 161 Å². The number of ether oxygens (including phenoxy) is 1. The van der Waals surface area contributed by atoms with E-state index in [2.05, 4.69) is 21.9 Å². The van der Waals surface area contributed by atoms with Crippen LogP contribution in [0.2, 0.25) is 0 Å². The predicted octanol–water partition coefficient (Wildman–Crippen LogP) is 1.50. The van der Waals surface area contributed by atoms with Gasteiger partial charge in [-0.1, -0.05) is 0 Å². The van der Waals surface area contributed by atoms with Crippen LogP contribution in [0.4, 0.5) is 0 Å². The van der Waals surface area contributed by atoms with E-state index in [1.54, 1.807) is 0 Å². The summed E-state index contributed by atoms with van der Waals surface area (Å²) in [5.74, 6) is 0.883. The predicted molar refractivity (Wildman–Crippen MR) is 110 cm³/mol. The maximum atomic E-state index is 11.0. The van der Waals surface area contributed by atoms with Crippen molar-refractivity contribution < 1.29 is 13.2 Å². The molecule has 0 amide bonds. The fourth-order valence-corrected chi connectivity index (χ4v) is 3.55. The molecule has 1 aliphatic carbocycles. The summed E-state index contributed by atoms with van der Waals surface area (Å²) in [6, 6.07) is 0.487. The summed E-state index contributed by atoms with van der Waals surface area (Å²) in [4.78, 5) is 4.47. The van der Waals surface area contributed by atoms with Crippen molar-refractivity contribution in [1.82, 2.24) is 10.6 Å². The van der Waals surface area contributed by atoms with Crippen LogP contribution in [-0.2, 0) is 14.6 Å². The van der Waals surface area contributed by atoms with Gasteiger partial charge in [-0.15, -0.1) is 24.0 Å². The lowest BCUT2D eigenvalue weighted by Gasteiger charge is -2.17. The van der Waals surface area contributed by atoms with Crippen LogP contribution in [0, 0.1) is 0 Å². The molecule has 1 saturated carbocycles. The van der Waals surface area contributed by atoms with Gasteiger partial charge in [-0.25, -0.2) is 8.42 Å². The summed E-state index contributed by atoms with van der Waals surface area (Å²) in [5, 5.41) is 7.46. The Kier molecular flexibility index (Phi) is 12.7. The van der Waals surface area contributed by atoms with Gasteiger partial charge in [0.2, 0.25) is 0 Å². The molecule has 1 aliphatic rings. The highest BCUT2D eigenvalue weighted by atomic mass is 127. The van der Waals surface area contributed by atoms with Crippen molar-refractivity contribution in [3.05, 3.63) is 0 Å². The van der Waals surface area contributed by atoms with Gasteiger partial charge in [-0.05, 0) is 32.4 Å². The lowest BCUT2D eigenvalue weighted by molar-refractivity contribution is 0.157. The Morgan fingerprint density at radius 1 is 1.35 bits per heavy atom. The van der Waals surface area contributed by atoms with Crippen LogP contribution < -0.4 is 10.6 Å². The van der Waals surface area contributed by atoms with Gasteiger partial charge in [0.15, 0.2) is 5.96 Å². The van der Waals surface area contributed by atoms with Gasteiger partial charge >= 0.3 is 0 Å². The second-order valence-corrected chi connectivity index (χ2v) is 8.91. The molecule has 0 aromatic heterocycles. The van der Waals surface area contributed by atoms with E-state index >= 15 is 0 Å². The zero-order valence-corrected chi connectivity index (χ0v) is 18.2. The Bertz CT molecular complexity index is 447. The summed E-state index contributed by atoms with van der Waals surface area (Å²) in [6.45, 7) is 4.05. The van der Waals surface area contributed by atoms with Crippen LogP contribution in [0.3, 0.4) is 0 Å². The van der Waals surface area contributed by atoms with E-state index in [0.717, 1.165) is 17.8 Å². The molecule has 1 rings (SSSR count). The summed E-state index contributed by atoms with van der Waals surface area (Å²) in [5.41, 5.74) is 0. The molecule has 6 nitrogen and oxygen atoms in total. The molecule has 2 unspecified atom stereocenters. The molecule has 138 valence electrons. The zero-order chi connectivity index (χ0) is 16.4. The minimum atomic E-state index is -2.95. The van der Waals surface area contributed by atoms with Gasteiger partial charge < -0.3 is 15.4 Å². The van der Waals surface area contributed by atoms with Gasteiger partial charge in [0.05, 0.1) is 25.5 Å². The highest BCUT2D eigenvalue weighted by molar-refractivity contribution is 14.0. The van der Waals surface area contributed by atoms with Crippen molar-refractivity contribution in [2.45, 2.75) is 37.5 Å². The van der Waals surface area contributed by atoms with E-state index in [0.29, 0.717) is 19.2 Å². The molecule has 0 saturated heterocycles. The standard InChI is InChI=1S/C14H29N3O3S2.HI/c1-4-15-14(17-12-5-6-13(11-12)21-2)16-7-8-20-9-10-22(3,18)19;/h12-13H,4-11H2,1-3H3,(H2,15,16,17);1H. The average Bonchev–Trinajstić information content (AvgIpc) is 2.89. The lowest BCUT2D eigenvalue weighted by atomic mass is 10.2. The van der Waals surface area contributed by atoms with Crippen LogP contribution in [0.5, 0.6) is 0 Å². The second kappa shape index (κ2) is 12.6. The third kappa shape index (κ3) is 11.4. The van der Waals surface area contributed by atoms with Crippen molar-refractivity contribution in [3.63, 3.8) is 0 Å². The quantitative estimate of drug-likeness (QED) is 0.226. The van der Waals surface area contributed by atoms with Crippen molar-refractivity contribution in [2.75, 3.05) is 44.6 Å². The van der Waals surface area contributed by atoms with Crippen LogP contribution in [0.15, 0.2) is 4.99 Å². The number of hydrogen-bond donors (Lipinski definition) is 2. The van der Waals surface area contributed by atoms with Crippen molar-refractivity contribution in [3.8, 4) is 0 Å². The van der Waals surface area contributed by atoms with E-state index in [9.17, 15) is 8.42 Å². The number of hydrogen-bond acceptors (Lipinski definition) is 5. The largest absolute Gasteiger partial charge is 0.378 e. The molecule has 0 aromatic carbocycles. The highest BCUT2D eigenvalue weighted by Gasteiger charge is 2.24. The fourth-order valence-electron chi connectivity index (χ4n) is 2.33. The number of rotatable bonds is 9. The van der Waals surface area contributed by atoms with E-state index < -0.39 is 9.84 Å². The van der Waals surface area contributed by atoms with E-state index in [-0.39, 0.29) is 36.3 Å². The van der Waals surface area contributed by atoms with Crippen molar-refractivity contribution in [2.24, 2.45) is 4.99 Å². The molecule has 9 heteroatoms. The molecule has 0 aliphatic heterocycles. The topological polar surface area (TPSA) is 79.8 Å². The number of nitrogens with one attached hydrogen (secondary N) is 2. The summed E-state index contributed by atoms with van der Waals surface area (Å²) in [6.07, 6.45) is 7.00. The zero-order valence-electron chi connectivity index (χ0n) is 14.2. The SMILES string of the molecule is CCNC(=NCCOCCS(C)(=O)=O)NC1CCC(SC)C1.I. The molecule has 2 N–H and O–H groups in total. The number of thioether (sulfide) groups is 1. The third-order valence-corrected chi connectivity index (χ3v) is 5.51. The van der Waals surface area contributed by atoms with Gasteiger partial charge in [-0.3, -0.25) is 4.99 Å². The van der Waals surface area contributed by atoms with Crippen LogP contribution in [0.25, 0.3) is 0 Å². The lowest BCUT2D eigenvalue weighted by Crippen LogP contribution is -2.42. The minimum Gasteiger partial charge on any atom is -0.378 e. The average molecular weight is 479 g/mol. The number of guanidine groups is 1. The van der Waals surface area contributed by atoms with E-state index in [1.165, 1.54) is 25.5 Å². The maximum absolute atomic E-state index is 11.0.